The van der Waals surface area contributed by atoms with E-state index in [1.165, 1.54) is 0 Å². The Morgan fingerprint density at radius 2 is 2.14 bits per heavy atom. The fourth-order valence-electron chi connectivity index (χ4n) is 1.93. The molecule has 1 aromatic carbocycles. The molecule has 0 saturated carbocycles. The second-order valence-corrected chi connectivity index (χ2v) is 4.98. The monoisotopic (exact) mass is 291 g/mol. The minimum atomic E-state index is 0.206. The number of para-hydroxylation sites is 1. The molecule has 0 aliphatic rings. The van der Waals surface area contributed by atoms with E-state index < -0.39 is 0 Å². The minimum Gasteiger partial charge on any atom is -0.493 e. The van der Waals surface area contributed by atoms with Crippen LogP contribution in [0.15, 0.2) is 22.7 Å². The Morgan fingerprint density at radius 3 is 2.76 bits per heavy atom. The number of ether oxygens (including phenoxy) is 2. The molecular formula is C15H21N3O3. The summed E-state index contributed by atoms with van der Waals surface area (Å²) in [5, 5.41) is 3.91. The first kappa shape index (κ1) is 15.3. The molecule has 1 heterocycles. The van der Waals surface area contributed by atoms with Gasteiger partial charge in [0, 0.05) is 5.92 Å². The number of rotatable bonds is 7. The van der Waals surface area contributed by atoms with Crippen LogP contribution < -0.4 is 15.2 Å². The van der Waals surface area contributed by atoms with Crippen molar-refractivity contribution in [2.75, 3.05) is 13.7 Å². The standard InChI is InChI=1S/C15H21N3O3/c1-10(2)15-17-13(21-18-15)9-20-14-11(7-8-16)5-4-6-12(14)19-3/h4-6,10H,7-9,16H2,1-3H3. The maximum Gasteiger partial charge on any atom is 0.264 e. The lowest BCUT2D eigenvalue weighted by Crippen LogP contribution is -2.06. The zero-order valence-corrected chi connectivity index (χ0v) is 12.6. The first-order valence-electron chi connectivity index (χ1n) is 6.97. The van der Waals surface area contributed by atoms with Crippen molar-refractivity contribution in [2.45, 2.75) is 32.8 Å². The summed E-state index contributed by atoms with van der Waals surface area (Å²) >= 11 is 0. The van der Waals surface area contributed by atoms with Crippen LogP contribution in [0.25, 0.3) is 0 Å². The van der Waals surface area contributed by atoms with Crippen LogP contribution in [0.4, 0.5) is 0 Å². The van der Waals surface area contributed by atoms with Gasteiger partial charge in [0.2, 0.25) is 0 Å². The molecule has 114 valence electrons. The molecular weight excluding hydrogens is 270 g/mol. The van der Waals surface area contributed by atoms with Gasteiger partial charge >= 0.3 is 0 Å². The van der Waals surface area contributed by atoms with Gasteiger partial charge < -0.3 is 19.7 Å². The molecule has 0 saturated heterocycles. The summed E-state index contributed by atoms with van der Waals surface area (Å²) in [5.74, 6) is 2.69. The van der Waals surface area contributed by atoms with Crippen molar-refractivity contribution in [3.63, 3.8) is 0 Å². The molecule has 21 heavy (non-hydrogen) atoms. The van der Waals surface area contributed by atoms with E-state index in [0.717, 1.165) is 5.56 Å². The van der Waals surface area contributed by atoms with Crippen LogP contribution in [0.1, 0.15) is 37.0 Å². The number of aromatic nitrogens is 2. The van der Waals surface area contributed by atoms with E-state index in [9.17, 15) is 0 Å². The molecule has 0 fully saturated rings. The average Bonchev–Trinajstić information content (AvgIpc) is 2.95. The summed E-state index contributed by atoms with van der Waals surface area (Å²) in [6.45, 7) is 4.77. The van der Waals surface area contributed by atoms with Crippen molar-refractivity contribution < 1.29 is 14.0 Å². The number of hydrogen-bond donors (Lipinski definition) is 1. The highest BCUT2D eigenvalue weighted by atomic mass is 16.5. The Labute approximate surface area is 124 Å². The topological polar surface area (TPSA) is 83.4 Å². The fourth-order valence-corrected chi connectivity index (χ4v) is 1.93. The first-order chi connectivity index (χ1) is 10.2. The van der Waals surface area contributed by atoms with E-state index in [0.29, 0.717) is 36.2 Å². The van der Waals surface area contributed by atoms with Gasteiger partial charge in [0.05, 0.1) is 7.11 Å². The van der Waals surface area contributed by atoms with Crippen molar-refractivity contribution >= 4 is 0 Å². The van der Waals surface area contributed by atoms with Crippen LogP contribution in [0.5, 0.6) is 11.5 Å². The molecule has 0 bridgehead atoms. The highest BCUT2D eigenvalue weighted by Crippen LogP contribution is 2.32. The summed E-state index contributed by atoms with van der Waals surface area (Å²) in [4.78, 5) is 4.29. The summed E-state index contributed by atoms with van der Waals surface area (Å²) in [6, 6.07) is 5.74. The van der Waals surface area contributed by atoms with Crippen molar-refractivity contribution in [3.8, 4) is 11.5 Å². The normalized spacial score (nSPS) is 10.9. The van der Waals surface area contributed by atoms with Crippen molar-refractivity contribution in [1.29, 1.82) is 0 Å². The maximum atomic E-state index is 5.81. The van der Waals surface area contributed by atoms with Gasteiger partial charge in [-0.15, -0.1) is 0 Å². The zero-order valence-electron chi connectivity index (χ0n) is 12.6. The lowest BCUT2D eigenvalue weighted by atomic mass is 10.1. The van der Waals surface area contributed by atoms with E-state index in [1.54, 1.807) is 7.11 Å². The third kappa shape index (κ3) is 3.72. The van der Waals surface area contributed by atoms with Crippen LogP contribution in [0.2, 0.25) is 0 Å². The van der Waals surface area contributed by atoms with Crippen molar-refractivity contribution in [3.05, 3.63) is 35.5 Å². The summed E-state index contributed by atoms with van der Waals surface area (Å²) < 4.78 is 16.3. The Morgan fingerprint density at radius 1 is 1.33 bits per heavy atom. The maximum absolute atomic E-state index is 5.81. The van der Waals surface area contributed by atoms with Crippen LogP contribution >= 0.6 is 0 Å². The predicted octanol–water partition coefficient (Wildman–Crippen LogP) is 2.28. The van der Waals surface area contributed by atoms with Crippen LogP contribution in [0.3, 0.4) is 0 Å². The van der Waals surface area contributed by atoms with E-state index in [1.807, 2.05) is 32.0 Å². The molecule has 0 spiro atoms. The largest absolute Gasteiger partial charge is 0.493 e. The fraction of sp³-hybridized carbons (Fsp3) is 0.467. The smallest absolute Gasteiger partial charge is 0.264 e. The van der Waals surface area contributed by atoms with Gasteiger partial charge in [-0.25, -0.2) is 0 Å². The molecule has 0 atom stereocenters. The van der Waals surface area contributed by atoms with E-state index in [-0.39, 0.29) is 12.5 Å². The molecule has 0 unspecified atom stereocenters. The second kappa shape index (κ2) is 7.08. The van der Waals surface area contributed by atoms with Gasteiger partial charge in [-0.05, 0) is 24.6 Å². The molecule has 0 aliphatic carbocycles. The first-order valence-corrected chi connectivity index (χ1v) is 6.97. The lowest BCUT2D eigenvalue weighted by Gasteiger charge is -2.13. The number of nitrogens with two attached hydrogens (primary N) is 1. The van der Waals surface area contributed by atoms with Crippen LogP contribution in [-0.2, 0) is 13.0 Å². The number of nitrogens with zero attached hydrogens (tertiary/aromatic N) is 2. The Hall–Kier alpha value is -2.08. The van der Waals surface area contributed by atoms with Gasteiger partial charge in [0.15, 0.2) is 23.9 Å². The van der Waals surface area contributed by atoms with Crippen LogP contribution in [0, 0.1) is 0 Å². The van der Waals surface area contributed by atoms with Gasteiger partial charge in [-0.2, -0.15) is 4.98 Å². The zero-order chi connectivity index (χ0) is 15.2. The van der Waals surface area contributed by atoms with Crippen molar-refractivity contribution in [2.24, 2.45) is 5.73 Å². The summed E-state index contributed by atoms with van der Waals surface area (Å²) in [6.07, 6.45) is 0.716. The molecule has 6 heteroatoms. The molecule has 0 radical (unpaired) electrons. The summed E-state index contributed by atoms with van der Waals surface area (Å²) in [7, 11) is 1.61. The lowest BCUT2D eigenvalue weighted by molar-refractivity contribution is 0.231. The Balaban J connectivity index is 2.14. The third-order valence-electron chi connectivity index (χ3n) is 3.03. The highest BCUT2D eigenvalue weighted by Gasteiger charge is 2.14. The molecule has 2 N–H and O–H groups in total. The Bertz CT molecular complexity index is 581. The van der Waals surface area contributed by atoms with Crippen molar-refractivity contribution in [1.82, 2.24) is 10.1 Å². The van der Waals surface area contributed by atoms with E-state index >= 15 is 0 Å². The number of benzene rings is 1. The molecule has 0 aliphatic heterocycles. The highest BCUT2D eigenvalue weighted by molar-refractivity contribution is 5.46. The average molecular weight is 291 g/mol. The minimum absolute atomic E-state index is 0.206. The number of hydrogen-bond acceptors (Lipinski definition) is 6. The number of methoxy groups -OCH3 is 1. The SMILES string of the molecule is COc1cccc(CCN)c1OCc1nc(C(C)C)no1. The van der Waals surface area contributed by atoms with Gasteiger partial charge in [0.1, 0.15) is 0 Å². The quantitative estimate of drug-likeness (QED) is 0.842. The van der Waals surface area contributed by atoms with Crippen LogP contribution in [-0.4, -0.2) is 23.8 Å². The van der Waals surface area contributed by atoms with Gasteiger partial charge in [-0.3, -0.25) is 0 Å². The molecule has 2 rings (SSSR count). The molecule has 2 aromatic rings. The predicted molar refractivity (Wildman–Crippen MR) is 78.5 cm³/mol. The van der Waals surface area contributed by atoms with E-state index in [4.69, 9.17) is 19.7 Å². The van der Waals surface area contributed by atoms with Gasteiger partial charge in [0.25, 0.3) is 5.89 Å². The molecule has 6 nitrogen and oxygen atoms in total. The third-order valence-corrected chi connectivity index (χ3v) is 3.03. The molecule has 0 amide bonds. The summed E-state index contributed by atoms with van der Waals surface area (Å²) in [5.41, 5.74) is 6.63. The van der Waals surface area contributed by atoms with Gasteiger partial charge in [-0.1, -0.05) is 31.1 Å². The molecule has 1 aromatic heterocycles. The van der Waals surface area contributed by atoms with E-state index in [2.05, 4.69) is 10.1 Å². The Kier molecular flexibility index (Phi) is 5.16. The second-order valence-electron chi connectivity index (χ2n) is 4.98.